The summed E-state index contributed by atoms with van der Waals surface area (Å²) >= 11 is 5.86. The van der Waals surface area contributed by atoms with Crippen molar-refractivity contribution in [2.45, 2.75) is 26.0 Å². The standard InChI is InChI=1S/C16H18ClN3O/c1-12-9-15(19-16(17)18-12)21-14-7-8-20(11-14)10-13-5-3-2-4-6-13/h2-6,9,14H,7-8,10-11H2,1H3. The molecule has 21 heavy (non-hydrogen) atoms. The molecule has 110 valence electrons. The zero-order valence-corrected chi connectivity index (χ0v) is 12.8. The van der Waals surface area contributed by atoms with E-state index in [2.05, 4.69) is 39.1 Å². The van der Waals surface area contributed by atoms with Crippen molar-refractivity contribution in [3.05, 3.63) is 52.9 Å². The molecule has 1 atom stereocenters. The van der Waals surface area contributed by atoms with Gasteiger partial charge in [0.05, 0.1) is 0 Å². The normalized spacial score (nSPS) is 18.9. The van der Waals surface area contributed by atoms with Crippen LogP contribution in [0.15, 0.2) is 36.4 Å². The van der Waals surface area contributed by atoms with Crippen LogP contribution in [-0.2, 0) is 6.54 Å². The van der Waals surface area contributed by atoms with Crippen LogP contribution >= 0.6 is 11.6 Å². The molecule has 4 nitrogen and oxygen atoms in total. The molecule has 0 bridgehead atoms. The minimum atomic E-state index is 0.166. The number of likely N-dealkylation sites (tertiary alicyclic amines) is 1. The zero-order chi connectivity index (χ0) is 14.7. The van der Waals surface area contributed by atoms with E-state index in [0.29, 0.717) is 5.88 Å². The van der Waals surface area contributed by atoms with E-state index >= 15 is 0 Å². The maximum atomic E-state index is 5.93. The lowest BCUT2D eigenvalue weighted by Gasteiger charge is -2.16. The predicted molar refractivity (Wildman–Crippen MR) is 82.5 cm³/mol. The van der Waals surface area contributed by atoms with Crippen molar-refractivity contribution in [2.75, 3.05) is 13.1 Å². The molecule has 1 saturated heterocycles. The highest BCUT2D eigenvalue weighted by Gasteiger charge is 2.24. The molecule has 5 heteroatoms. The quantitative estimate of drug-likeness (QED) is 0.814. The Hall–Kier alpha value is -1.65. The Labute approximate surface area is 129 Å². The van der Waals surface area contributed by atoms with E-state index in [1.807, 2.05) is 19.1 Å². The Balaban J connectivity index is 1.57. The third-order valence-corrected chi connectivity index (χ3v) is 3.74. The van der Waals surface area contributed by atoms with E-state index in [1.54, 1.807) is 0 Å². The predicted octanol–water partition coefficient (Wildman–Crippen LogP) is 3.09. The van der Waals surface area contributed by atoms with Gasteiger partial charge in [-0.15, -0.1) is 0 Å². The van der Waals surface area contributed by atoms with Crippen LogP contribution in [-0.4, -0.2) is 34.1 Å². The highest BCUT2D eigenvalue weighted by molar-refractivity contribution is 6.28. The van der Waals surface area contributed by atoms with Gasteiger partial charge in [-0.25, -0.2) is 4.98 Å². The summed E-state index contributed by atoms with van der Waals surface area (Å²) < 4.78 is 5.93. The average molecular weight is 304 g/mol. The van der Waals surface area contributed by atoms with Gasteiger partial charge in [0.2, 0.25) is 11.2 Å². The fourth-order valence-electron chi connectivity index (χ4n) is 2.61. The Morgan fingerprint density at radius 1 is 1.29 bits per heavy atom. The highest BCUT2D eigenvalue weighted by atomic mass is 35.5. The van der Waals surface area contributed by atoms with Gasteiger partial charge in [0.1, 0.15) is 6.10 Å². The summed E-state index contributed by atoms with van der Waals surface area (Å²) in [5, 5.41) is 0.240. The number of hydrogen-bond acceptors (Lipinski definition) is 4. The van der Waals surface area contributed by atoms with Crippen LogP contribution in [0.4, 0.5) is 0 Å². The molecule has 1 unspecified atom stereocenters. The van der Waals surface area contributed by atoms with Crippen LogP contribution in [0.2, 0.25) is 5.28 Å². The summed E-state index contributed by atoms with van der Waals surface area (Å²) in [6, 6.07) is 12.3. The lowest BCUT2D eigenvalue weighted by atomic mass is 10.2. The molecule has 1 aliphatic heterocycles. The van der Waals surface area contributed by atoms with E-state index in [9.17, 15) is 0 Å². The first-order chi connectivity index (χ1) is 10.2. The number of hydrogen-bond donors (Lipinski definition) is 0. The molecule has 1 aliphatic rings. The van der Waals surface area contributed by atoms with Gasteiger partial charge in [0, 0.05) is 31.4 Å². The van der Waals surface area contributed by atoms with Crippen molar-refractivity contribution in [1.29, 1.82) is 0 Å². The zero-order valence-electron chi connectivity index (χ0n) is 12.0. The number of ether oxygens (including phenoxy) is 1. The van der Waals surface area contributed by atoms with Gasteiger partial charge >= 0.3 is 0 Å². The number of halogens is 1. The van der Waals surface area contributed by atoms with Crippen LogP contribution in [0.3, 0.4) is 0 Å². The van der Waals surface area contributed by atoms with Crippen molar-refractivity contribution in [3.63, 3.8) is 0 Å². The van der Waals surface area contributed by atoms with Crippen molar-refractivity contribution >= 4 is 11.6 Å². The van der Waals surface area contributed by atoms with Crippen LogP contribution in [0.25, 0.3) is 0 Å². The third-order valence-electron chi connectivity index (χ3n) is 3.57. The summed E-state index contributed by atoms with van der Waals surface area (Å²) in [4.78, 5) is 10.6. The second-order valence-electron chi connectivity index (χ2n) is 5.37. The smallest absolute Gasteiger partial charge is 0.225 e. The fraction of sp³-hybridized carbons (Fsp3) is 0.375. The SMILES string of the molecule is Cc1cc(OC2CCN(Cc3ccccc3)C2)nc(Cl)n1. The molecule has 0 N–H and O–H groups in total. The van der Waals surface area contributed by atoms with Gasteiger partial charge in [0.15, 0.2) is 0 Å². The van der Waals surface area contributed by atoms with E-state index in [1.165, 1.54) is 5.56 Å². The van der Waals surface area contributed by atoms with Gasteiger partial charge in [0.25, 0.3) is 0 Å². The first-order valence-electron chi connectivity index (χ1n) is 7.13. The second-order valence-corrected chi connectivity index (χ2v) is 5.70. The molecule has 2 heterocycles. The Morgan fingerprint density at radius 3 is 2.86 bits per heavy atom. The number of rotatable bonds is 4. The fourth-order valence-corrected chi connectivity index (χ4v) is 2.83. The lowest BCUT2D eigenvalue weighted by molar-refractivity contribution is 0.191. The topological polar surface area (TPSA) is 38.2 Å². The van der Waals surface area contributed by atoms with E-state index < -0.39 is 0 Å². The Kier molecular flexibility index (Phi) is 4.36. The molecule has 0 amide bonds. The Bertz CT molecular complexity index is 585. The van der Waals surface area contributed by atoms with Crippen molar-refractivity contribution in [3.8, 4) is 5.88 Å². The molecule has 1 fully saturated rings. The maximum Gasteiger partial charge on any atom is 0.225 e. The number of nitrogens with zero attached hydrogens (tertiary/aromatic N) is 3. The number of benzene rings is 1. The first kappa shape index (κ1) is 14.3. The number of aryl methyl sites for hydroxylation is 1. The molecule has 0 saturated carbocycles. The van der Waals surface area contributed by atoms with Gasteiger partial charge in [-0.1, -0.05) is 30.3 Å². The van der Waals surface area contributed by atoms with Crippen LogP contribution in [0.5, 0.6) is 5.88 Å². The molecule has 0 radical (unpaired) electrons. The van der Waals surface area contributed by atoms with Gasteiger partial charge in [-0.3, -0.25) is 4.90 Å². The third kappa shape index (κ3) is 3.93. The molecule has 2 aromatic rings. The Morgan fingerprint density at radius 2 is 2.10 bits per heavy atom. The van der Waals surface area contributed by atoms with Crippen LogP contribution in [0.1, 0.15) is 17.7 Å². The minimum absolute atomic E-state index is 0.166. The summed E-state index contributed by atoms with van der Waals surface area (Å²) in [5.74, 6) is 0.569. The average Bonchev–Trinajstić information content (AvgIpc) is 2.86. The highest BCUT2D eigenvalue weighted by Crippen LogP contribution is 2.20. The summed E-state index contributed by atoms with van der Waals surface area (Å²) in [6.07, 6.45) is 1.17. The largest absolute Gasteiger partial charge is 0.473 e. The van der Waals surface area contributed by atoms with Crippen LogP contribution < -0.4 is 4.74 Å². The summed E-state index contributed by atoms with van der Waals surface area (Å²) in [5.41, 5.74) is 2.16. The summed E-state index contributed by atoms with van der Waals surface area (Å²) in [6.45, 7) is 4.80. The van der Waals surface area contributed by atoms with Crippen molar-refractivity contribution in [1.82, 2.24) is 14.9 Å². The molecular formula is C16H18ClN3O. The van der Waals surface area contributed by atoms with Gasteiger partial charge in [-0.2, -0.15) is 4.98 Å². The monoisotopic (exact) mass is 303 g/mol. The summed E-state index contributed by atoms with van der Waals surface area (Å²) in [7, 11) is 0. The van der Waals surface area contributed by atoms with Gasteiger partial charge in [-0.05, 0) is 30.5 Å². The molecule has 0 spiro atoms. The molecule has 1 aromatic carbocycles. The van der Waals surface area contributed by atoms with Crippen LogP contribution in [0, 0.1) is 6.92 Å². The second kappa shape index (κ2) is 6.41. The molecule has 0 aliphatic carbocycles. The van der Waals surface area contributed by atoms with E-state index in [4.69, 9.17) is 16.3 Å². The molecule has 3 rings (SSSR count). The molecule has 1 aromatic heterocycles. The first-order valence-corrected chi connectivity index (χ1v) is 7.51. The van der Waals surface area contributed by atoms with E-state index in [-0.39, 0.29) is 11.4 Å². The van der Waals surface area contributed by atoms with Crippen molar-refractivity contribution in [2.24, 2.45) is 0 Å². The molecular weight excluding hydrogens is 286 g/mol. The minimum Gasteiger partial charge on any atom is -0.473 e. The van der Waals surface area contributed by atoms with E-state index in [0.717, 1.165) is 31.7 Å². The maximum absolute atomic E-state index is 5.93. The van der Waals surface area contributed by atoms with Gasteiger partial charge < -0.3 is 4.74 Å². The van der Waals surface area contributed by atoms with Crippen molar-refractivity contribution < 1.29 is 4.74 Å². The number of aromatic nitrogens is 2. The lowest BCUT2D eigenvalue weighted by Crippen LogP contribution is -2.24.